The third kappa shape index (κ3) is 3.87. The first kappa shape index (κ1) is 17.2. The van der Waals surface area contributed by atoms with Gasteiger partial charge in [-0.3, -0.25) is 9.59 Å². The van der Waals surface area contributed by atoms with Gasteiger partial charge in [-0.15, -0.1) is 22.7 Å². The summed E-state index contributed by atoms with van der Waals surface area (Å²) in [7, 11) is 3.54. The molecule has 0 saturated heterocycles. The van der Waals surface area contributed by atoms with Gasteiger partial charge in [-0.2, -0.15) is 0 Å². The lowest BCUT2D eigenvalue weighted by Crippen LogP contribution is -2.34. The third-order valence-electron chi connectivity index (χ3n) is 4.32. The summed E-state index contributed by atoms with van der Waals surface area (Å²) in [5.41, 5.74) is 1.18. The van der Waals surface area contributed by atoms with Crippen molar-refractivity contribution in [2.75, 3.05) is 20.6 Å². The van der Waals surface area contributed by atoms with Crippen LogP contribution in [-0.2, 0) is 24.1 Å². The second-order valence-corrected chi connectivity index (χ2v) is 8.49. The molecule has 0 aliphatic heterocycles. The quantitative estimate of drug-likeness (QED) is 0.889. The van der Waals surface area contributed by atoms with Crippen LogP contribution in [0.15, 0.2) is 23.6 Å². The molecule has 24 heavy (non-hydrogen) atoms. The zero-order valence-corrected chi connectivity index (χ0v) is 15.6. The summed E-state index contributed by atoms with van der Waals surface area (Å²) in [6.07, 6.45) is 3.40. The molecule has 1 aliphatic rings. The molecule has 6 heteroatoms. The Morgan fingerprint density at radius 3 is 2.92 bits per heavy atom. The number of carbonyl (C=O) groups is 2. The summed E-state index contributed by atoms with van der Waals surface area (Å²) < 4.78 is 0. The molecule has 0 aromatic carbocycles. The summed E-state index contributed by atoms with van der Waals surface area (Å²) >= 11 is 3.30. The first-order valence-electron chi connectivity index (χ1n) is 8.18. The van der Waals surface area contributed by atoms with E-state index in [1.165, 1.54) is 15.3 Å². The lowest BCUT2D eigenvalue weighted by atomic mass is 9.87. The minimum absolute atomic E-state index is 0.0257. The Kier molecular flexibility index (Phi) is 5.36. The van der Waals surface area contributed by atoms with E-state index < -0.39 is 0 Å². The van der Waals surface area contributed by atoms with E-state index in [1.54, 1.807) is 41.7 Å². The fourth-order valence-corrected chi connectivity index (χ4v) is 4.92. The summed E-state index contributed by atoms with van der Waals surface area (Å²) in [5.74, 6) is 0.216. The van der Waals surface area contributed by atoms with E-state index in [2.05, 4.69) is 16.8 Å². The standard InChI is InChI=1S/C18H22N2O2S2/c1-20(2)18(22)16-11-13-10-12(5-6-15(13)24-16)17(21)19-8-7-14-4-3-9-23-14/h3-4,9,11-12H,5-8,10H2,1-2H3,(H,19,21)/t12-/m1/s1. The van der Waals surface area contributed by atoms with E-state index in [-0.39, 0.29) is 17.7 Å². The molecular formula is C18H22N2O2S2. The van der Waals surface area contributed by atoms with Crippen molar-refractivity contribution in [3.05, 3.63) is 43.8 Å². The number of nitrogens with zero attached hydrogens (tertiary/aromatic N) is 1. The average molecular weight is 363 g/mol. The van der Waals surface area contributed by atoms with Crippen LogP contribution in [0, 0.1) is 5.92 Å². The van der Waals surface area contributed by atoms with Gasteiger partial charge in [-0.25, -0.2) is 0 Å². The summed E-state index contributed by atoms with van der Waals surface area (Å²) in [5, 5.41) is 5.12. The SMILES string of the molecule is CN(C)C(=O)c1cc2c(s1)CC[C@@H](C(=O)NCCc1cccs1)C2. The molecule has 1 N–H and O–H groups in total. The summed E-state index contributed by atoms with van der Waals surface area (Å²) in [6.45, 7) is 0.691. The zero-order valence-electron chi connectivity index (χ0n) is 14.0. The van der Waals surface area contributed by atoms with Crippen LogP contribution in [0.3, 0.4) is 0 Å². The van der Waals surface area contributed by atoms with Crippen LogP contribution in [0.4, 0.5) is 0 Å². The highest BCUT2D eigenvalue weighted by atomic mass is 32.1. The molecule has 1 atom stereocenters. The molecule has 128 valence electrons. The fraction of sp³-hybridized carbons (Fsp3) is 0.444. The predicted molar refractivity (Wildman–Crippen MR) is 98.9 cm³/mol. The van der Waals surface area contributed by atoms with Crippen LogP contribution in [0.5, 0.6) is 0 Å². The van der Waals surface area contributed by atoms with Crippen molar-refractivity contribution in [2.24, 2.45) is 5.92 Å². The number of thiophene rings is 2. The molecule has 2 amide bonds. The molecule has 1 aliphatic carbocycles. The molecule has 0 radical (unpaired) electrons. The first-order valence-corrected chi connectivity index (χ1v) is 9.87. The largest absolute Gasteiger partial charge is 0.355 e. The molecule has 0 saturated carbocycles. The van der Waals surface area contributed by atoms with Gasteiger partial charge in [0.1, 0.15) is 0 Å². The van der Waals surface area contributed by atoms with Crippen molar-refractivity contribution in [2.45, 2.75) is 25.7 Å². The minimum atomic E-state index is 0.0257. The zero-order chi connectivity index (χ0) is 17.1. The van der Waals surface area contributed by atoms with E-state index in [0.717, 1.165) is 30.6 Å². The van der Waals surface area contributed by atoms with Gasteiger partial charge in [0.2, 0.25) is 5.91 Å². The lowest BCUT2D eigenvalue weighted by molar-refractivity contribution is -0.125. The number of nitrogens with one attached hydrogen (secondary N) is 1. The summed E-state index contributed by atoms with van der Waals surface area (Å²) in [4.78, 5) is 29.4. The Morgan fingerprint density at radius 1 is 1.38 bits per heavy atom. The van der Waals surface area contributed by atoms with E-state index in [4.69, 9.17) is 0 Å². The van der Waals surface area contributed by atoms with Crippen molar-refractivity contribution >= 4 is 34.5 Å². The number of aryl methyl sites for hydroxylation is 1. The number of hydrogen-bond donors (Lipinski definition) is 1. The molecule has 2 aromatic rings. The van der Waals surface area contributed by atoms with Crippen molar-refractivity contribution in [1.82, 2.24) is 10.2 Å². The highest BCUT2D eigenvalue weighted by Crippen LogP contribution is 2.33. The molecule has 0 spiro atoms. The van der Waals surface area contributed by atoms with Crippen LogP contribution in [0.2, 0.25) is 0 Å². The van der Waals surface area contributed by atoms with Crippen molar-refractivity contribution in [3.63, 3.8) is 0 Å². The van der Waals surface area contributed by atoms with E-state index in [1.807, 2.05) is 12.1 Å². The number of carbonyl (C=O) groups excluding carboxylic acids is 2. The Balaban J connectivity index is 1.56. The Hall–Kier alpha value is -1.66. The van der Waals surface area contributed by atoms with Crippen LogP contribution in [-0.4, -0.2) is 37.4 Å². The van der Waals surface area contributed by atoms with Crippen LogP contribution < -0.4 is 5.32 Å². The minimum Gasteiger partial charge on any atom is -0.355 e. The first-order chi connectivity index (χ1) is 11.5. The second kappa shape index (κ2) is 7.49. The maximum atomic E-state index is 12.4. The molecule has 3 rings (SSSR count). The third-order valence-corrected chi connectivity index (χ3v) is 6.48. The Morgan fingerprint density at radius 2 is 2.21 bits per heavy atom. The van der Waals surface area contributed by atoms with E-state index in [0.29, 0.717) is 6.54 Å². The van der Waals surface area contributed by atoms with Gasteiger partial charge < -0.3 is 10.2 Å². The number of hydrogen-bond acceptors (Lipinski definition) is 4. The maximum Gasteiger partial charge on any atom is 0.263 e. The molecule has 0 fully saturated rings. The molecule has 2 heterocycles. The molecule has 0 bridgehead atoms. The van der Waals surface area contributed by atoms with Crippen LogP contribution >= 0.6 is 22.7 Å². The predicted octanol–water partition coefficient (Wildman–Crippen LogP) is 2.98. The second-order valence-electron chi connectivity index (χ2n) is 6.32. The van der Waals surface area contributed by atoms with Crippen molar-refractivity contribution in [1.29, 1.82) is 0 Å². The van der Waals surface area contributed by atoms with E-state index in [9.17, 15) is 9.59 Å². The van der Waals surface area contributed by atoms with Crippen molar-refractivity contribution < 1.29 is 9.59 Å². The van der Waals surface area contributed by atoms with E-state index >= 15 is 0 Å². The van der Waals surface area contributed by atoms with Gasteiger partial charge in [0.25, 0.3) is 5.91 Å². The molecule has 4 nitrogen and oxygen atoms in total. The van der Waals surface area contributed by atoms with Crippen LogP contribution in [0.1, 0.15) is 31.4 Å². The summed E-state index contributed by atoms with van der Waals surface area (Å²) in [6, 6.07) is 6.11. The topological polar surface area (TPSA) is 49.4 Å². The number of fused-ring (bicyclic) bond motifs is 1. The maximum absolute atomic E-state index is 12.4. The number of rotatable bonds is 5. The normalized spacial score (nSPS) is 16.5. The van der Waals surface area contributed by atoms with Gasteiger partial charge in [0.15, 0.2) is 0 Å². The Labute approximate surface area is 150 Å². The number of amides is 2. The van der Waals surface area contributed by atoms with Crippen molar-refractivity contribution in [3.8, 4) is 0 Å². The monoisotopic (exact) mass is 362 g/mol. The van der Waals surface area contributed by atoms with Gasteiger partial charge in [-0.05, 0) is 48.8 Å². The highest BCUT2D eigenvalue weighted by Gasteiger charge is 2.27. The lowest BCUT2D eigenvalue weighted by Gasteiger charge is -2.21. The Bertz CT molecular complexity index is 719. The average Bonchev–Trinajstić information content (AvgIpc) is 3.22. The van der Waals surface area contributed by atoms with Crippen LogP contribution in [0.25, 0.3) is 0 Å². The smallest absolute Gasteiger partial charge is 0.263 e. The highest BCUT2D eigenvalue weighted by molar-refractivity contribution is 7.14. The molecule has 2 aromatic heterocycles. The molecular weight excluding hydrogens is 340 g/mol. The fourth-order valence-electron chi connectivity index (χ4n) is 2.98. The van der Waals surface area contributed by atoms with Gasteiger partial charge >= 0.3 is 0 Å². The van der Waals surface area contributed by atoms with Gasteiger partial charge in [0.05, 0.1) is 4.88 Å². The van der Waals surface area contributed by atoms with Gasteiger partial charge in [0, 0.05) is 36.3 Å². The molecule has 0 unspecified atom stereocenters. The van der Waals surface area contributed by atoms with Gasteiger partial charge in [-0.1, -0.05) is 6.07 Å².